The van der Waals surface area contributed by atoms with Crippen molar-refractivity contribution in [1.29, 1.82) is 0 Å². The summed E-state index contributed by atoms with van der Waals surface area (Å²) in [6.45, 7) is 1.10. The molecule has 6 heteroatoms. The van der Waals surface area contributed by atoms with E-state index in [4.69, 9.17) is 4.74 Å². The molecule has 5 rings (SSSR count). The Morgan fingerprint density at radius 3 is 2.61 bits per heavy atom. The molecular formula is C25H25N3O3. The van der Waals surface area contributed by atoms with Crippen molar-refractivity contribution in [1.82, 2.24) is 15.1 Å². The molecule has 1 amide bonds. The molecule has 1 aromatic heterocycles. The molecule has 1 aliphatic carbocycles. The van der Waals surface area contributed by atoms with Crippen molar-refractivity contribution in [3.63, 3.8) is 0 Å². The Labute approximate surface area is 181 Å². The minimum atomic E-state index is -0.466. The number of hydrogen-bond acceptors (Lipinski definition) is 5. The number of hydrogen-bond donors (Lipinski definition) is 1. The first-order valence-electron chi connectivity index (χ1n) is 10.8. The van der Waals surface area contributed by atoms with E-state index in [2.05, 4.69) is 10.2 Å². The summed E-state index contributed by atoms with van der Waals surface area (Å²) in [5, 5.41) is 18.0. The van der Waals surface area contributed by atoms with E-state index in [1.165, 1.54) is 0 Å². The fourth-order valence-electron chi connectivity index (χ4n) is 4.47. The van der Waals surface area contributed by atoms with Crippen LogP contribution < -0.4 is 4.74 Å². The van der Waals surface area contributed by atoms with E-state index in [0.717, 1.165) is 47.9 Å². The summed E-state index contributed by atoms with van der Waals surface area (Å²) in [6, 6.07) is 15.9. The monoisotopic (exact) mass is 415 g/mol. The molecule has 1 fully saturated rings. The van der Waals surface area contributed by atoms with E-state index in [0.29, 0.717) is 24.4 Å². The molecule has 0 bridgehead atoms. The number of aromatic nitrogens is 2. The number of amides is 1. The molecule has 3 aromatic rings. The van der Waals surface area contributed by atoms with E-state index in [1.54, 1.807) is 12.4 Å². The van der Waals surface area contributed by atoms with Gasteiger partial charge in [0.05, 0.1) is 24.1 Å². The smallest absolute Gasteiger partial charge is 0.258 e. The lowest BCUT2D eigenvalue weighted by molar-refractivity contribution is 0.00636. The lowest BCUT2D eigenvalue weighted by Gasteiger charge is -2.28. The van der Waals surface area contributed by atoms with Gasteiger partial charge in [-0.2, -0.15) is 10.2 Å². The maximum atomic E-state index is 13.2. The zero-order chi connectivity index (χ0) is 21.2. The molecule has 1 aliphatic heterocycles. The Morgan fingerprint density at radius 1 is 1.00 bits per heavy atom. The molecule has 158 valence electrons. The largest absolute Gasteiger partial charge is 0.487 e. The highest BCUT2D eigenvalue weighted by Gasteiger charge is 2.33. The van der Waals surface area contributed by atoms with Gasteiger partial charge in [-0.25, -0.2) is 0 Å². The van der Waals surface area contributed by atoms with Gasteiger partial charge in [-0.3, -0.25) is 4.79 Å². The predicted molar refractivity (Wildman–Crippen MR) is 116 cm³/mol. The molecule has 2 aromatic carbocycles. The van der Waals surface area contributed by atoms with E-state index >= 15 is 0 Å². The van der Waals surface area contributed by atoms with Crippen LogP contribution in [0.25, 0.3) is 11.1 Å². The zero-order valence-corrected chi connectivity index (χ0v) is 17.3. The number of carbonyl (C=O) groups is 1. The van der Waals surface area contributed by atoms with Crippen LogP contribution in [0, 0.1) is 0 Å². The van der Waals surface area contributed by atoms with Gasteiger partial charge >= 0.3 is 0 Å². The van der Waals surface area contributed by atoms with E-state index < -0.39 is 6.10 Å². The summed E-state index contributed by atoms with van der Waals surface area (Å²) >= 11 is 0. The zero-order valence-electron chi connectivity index (χ0n) is 17.3. The molecular weight excluding hydrogens is 390 g/mol. The van der Waals surface area contributed by atoms with Crippen LogP contribution in [0.15, 0.2) is 60.9 Å². The van der Waals surface area contributed by atoms with Crippen LogP contribution in [-0.2, 0) is 13.1 Å². The first-order valence-corrected chi connectivity index (χ1v) is 10.8. The average Bonchev–Trinajstić information content (AvgIpc) is 3.12. The molecule has 1 saturated carbocycles. The molecule has 31 heavy (non-hydrogen) atoms. The van der Waals surface area contributed by atoms with Crippen molar-refractivity contribution in [3.8, 4) is 16.9 Å². The highest BCUT2D eigenvalue weighted by Crippen LogP contribution is 2.34. The SMILES string of the molecule is O=C1c2c(cccc2O[C@@H]2CCCC[C@H]2O)CN1Cc1ccc(-c2ccnnc2)cc1. The maximum Gasteiger partial charge on any atom is 0.258 e. The number of fused-ring (bicyclic) bond motifs is 1. The normalized spacial score (nSPS) is 20.5. The minimum absolute atomic E-state index is 0.0155. The predicted octanol–water partition coefficient (Wildman–Crippen LogP) is 3.98. The standard InChI is InChI=1S/C25H25N3O3/c29-21-5-1-2-6-22(21)31-23-7-3-4-20-16-28(25(30)24(20)23)15-17-8-10-18(11-9-17)19-12-13-26-27-14-19/h3-4,7-14,21-22,29H,1-2,5-6,15-16H2/t21-,22-/m1/s1. The average molecular weight is 415 g/mol. The fraction of sp³-hybridized carbons (Fsp3) is 0.320. The van der Waals surface area contributed by atoms with Crippen molar-refractivity contribution in [2.24, 2.45) is 0 Å². The summed E-state index contributed by atoms with van der Waals surface area (Å²) < 4.78 is 6.14. The first-order chi connectivity index (χ1) is 15.2. The first kappa shape index (κ1) is 19.7. The van der Waals surface area contributed by atoms with Gasteiger partial charge in [0, 0.05) is 18.7 Å². The van der Waals surface area contributed by atoms with Gasteiger partial charge in [0.25, 0.3) is 5.91 Å². The summed E-state index contributed by atoms with van der Waals surface area (Å²) in [6.07, 6.45) is 6.35. The number of carbonyl (C=O) groups excluding carboxylic acids is 1. The van der Waals surface area contributed by atoms with Crippen molar-refractivity contribution < 1.29 is 14.6 Å². The van der Waals surface area contributed by atoms with Crippen molar-refractivity contribution in [2.75, 3.05) is 0 Å². The summed E-state index contributed by atoms with van der Waals surface area (Å²) in [5.74, 6) is 0.579. The van der Waals surface area contributed by atoms with Gasteiger partial charge in [0.15, 0.2) is 0 Å². The molecule has 2 heterocycles. The van der Waals surface area contributed by atoms with Gasteiger partial charge in [-0.1, -0.05) is 42.8 Å². The van der Waals surface area contributed by atoms with Crippen LogP contribution in [-0.4, -0.2) is 38.3 Å². The molecule has 6 nitrogen and oxygen atoms in total. The van der Waals surface area contributed by atoms with E-state index in [-0.39, 0.29) is 12.0 Å². The van der Waals surface area contributed by atoms with Crippen molar-refractivity contribution in [3.05, 3.63) is 77.6 Å². The van der Waals surface area contributed by atoms with Gasteiger partial charge in [0.2, 0.25) is 0 Å². The van der Waals surface area contributed by atoms with Crippen LogP contribution in [0.1, 0.15) is 47.2 Å². The third-order valence-electron chi connectivity index (χ3n) is 6.17. The van der Waals surface area contributed by atoms with Crippen molar-refractivity contribution in [2.45, 2.75) is 51.0 Å². The van der Waals surface area contributed by atoms with Gasteiger partial charge in [0.1, 0.15) is 11.9 Å². The number of benzene rings is 2. The highest BCUT2D eigenvalue weighted by molar-refractivity contribution is 6.01. The van der Waals surface area contributed by atoms with E-state index in [1.807, 2.05) is 53.4 Å². The molecule has 0 unspecified atom stereocenters. The molecule has 0 saturated heterocycles. The number of aliphatic hydroxyl groups excluding tert-OH is 1. The highest BCUT2D eigenvalue weighted by atomic mass is 16.5. The Morgan fingerprint density at radius 2 is 1.84 bits per heavy atom. The van der Waals surface area contributed by atoms with Gasteiger partial charge in [-0.15, -0.1) is 0 Å². The fourth-order valence-corrected chi connectivity index (χ4v) is 4.47. The maximum absolute atomic E-state index is 13.2. The molecule has 1 N–H and O–H groups in total. The number of ether oxygens (including phenoxy) is 1. The molecule has 2 aliphatic rings. The molecule has 2 atom stereocenters. The Hall–Kier alpha value is -3.25. The van der Waals surface area contributed by atoms with Crippen LogP contribution >= 0.6 is 0 Å². The Bertz CT molecular complexity index is 1070. The van der Waals surface area contributed by atoms with E-state index in [9.17, 15) is 9.90 Å². The number of nitrogens with zero attached hydrogens (tertiary/aromatic N) is 3. The van der Waals surface area contributed by atoms with Crippen LogP contribution in [0.3, 0.4) is 0 Å². The van der Waals surface area contributed by atoms with Gasteiger partial charge < -0.3 is 14.7 Å². The third kappa shape index (κ3) is 4.03. The van der Waals surface area contributed by atoms with Gasteiger partial charge in [-0.05, 0) is 48.1 Å². The van der Waals surface area contributed by atoms with Crippen molar-refractivity contribution >= 4 is 5.91 Å². The second-order valence-corrected chi connectivity index (χ2v) is 8.29. The third-order valence-corrected chi connectivity index (χ3v) is 6.17. The quantitative estimate of drug-likeness (QED) is 0.682. The lowest BCUT2D eigenvalue weighted by Crippen LogP contribution is -2.35. The van der Waals surface area contributed by atoms with Crippen LogP contribution in [0.4, 0.5) is 0 Å². The molecule has 0 spiro atoms. The summed E-state index contributed by atoms with van der Waals surface area (Å²) in [4.78, 5) is 15.0. The summed E-state index contributed by atoms with van der Waals surface area (Å²) in [7, 11) is 0. The van der Waals surface area contributed by atoms with Crippen LogP contribution in [0.5, 0.6) is 5.75 Å². The second-order valence-electron chi connectivity index (χ2n) is 8.29. The number of rotatable bonds is 5. The Balaban J connectivity index is 1.31. The van der Waals surface area contributed by atoms with Crippen LogP contribution in [0.2, 0.25) is 0 Å². The Kier molecular flexibility index (Phi) is 5.38. The number of aliphatic hydroxyl groups is 1. The summed E-state index contributed by atoms with van der Waals surface area (Å²) in [5.41, 5.74) is 4.76. The topological polar surface area (TPSA) is 75.6 Å². The minimum Gasteiger partial charge on any atom is -0.487 e. The second kappa shape index (κ2) is 8.47. The molecule has 0 radical (unpaired) electrons. The lowest BCUT2D eigenvalue weighted by atomic mass is 9.94.